The molecule has 0 amide bonds. The molecule has 1 aliphatic rings. The zero-order valence-electron chi connectivity index (χ0n) is 16.3. The summed E-state index contributed by atoms with van der Waals surface area (Å²) in [5.74, 6) is 0.305. The summed E-state index contributed by atoms with van der Waals surface area (Å²) in [6, 6.07) is 19.2. The van der Waals surface area contributed by atoms with Crippen LogP contribution in [-0.2, 0) is 4.79 Å². The average Bonchev–Trinajstić information content (AvgIpc) is 2.77. The lowest BCUT2D eigenvalue weighted by atomic mass is 9.87. The number of allylic oxidation sites excluding steroid dienone is 1. The van der Waals surface area contributed by atoms with Crippen LogP contribution in [0.2, 0.25) is 5.02 Å². The summed E-state index contributed by atoms with van der Waals surface area (Å²) in [7, 11) is 1.61. The second-order valence-corrected chi connectivity index (χ2v) is 7.31. The van der Waals surface area contributed by atoms with Gasteiger partial charge in [0.2, 0.25) is 0 Å². The lowest BCUT2D eigenvalue weighted by Crippen LogP contribution is -2.19. The third kappa shape index (κ3) is 4.14. The Bertz CT molecular complexity index is 1150. The van der Waals surface area contributed by atoms with Crippen molar-refractivity contribution in [2.75, 3.05) is 19.0 Å². The Balaban J connectivity index is 1.79. The van der Waals surface area contributed by atoms with Crippen LogP contribution in [0.3, 0.4) is 0 Å². The average molecular weight is 420 g/mol. The molecule has 0 bridgehead atoms. The summed E-state index contributed by atoms with van der Waals surface area (Å²) >= 11 is 6.26. The highest BCUT2D eigenvalue weighted by atomic mass is 35.5. The molecule has 0 aromatic heterocycles. The van der Waals surface area contributed by atoms with Gasteiger partial charge in [0.25, 0.3) is 0 Å². The van der Waals surface area contributed by atoms with Crippen molar-refractivity contribution in [2.45, 2.75) is 0 Å². The van der Waals surface area contributed by atoms with E-state index in [1.807, 2.05) is 42.5 Å². The molecule has 3 aromatic rings. The predicted molar refractivity (Wildman–Crippen MR) is 119 cm³/mol. The summed E-state index contributed by atoms with van der Waals surface area (Å²) < 4.78 is 18.4. The molecule has 0 saturated heterocycles. The molecule has 4 rings (SSSR count). The first-order valence-electron chi connectivity index (χ1n) is 9.44. The van der Waals surface area contributed by atoms with E-state index in [9.17, 15) is 9.18 Å². The molecular formula is C25H19ClFNO2. The Hall–Kier alpha value is -3.37. The van der Waals surface area contributed by atoms with Crippen molar-refractivity contribution in [1.29, 1.82) is 0 Å². The summed E-state index contributed by atoms with van der Waals surface area (Å²) in [6.45, 7) is 0.391. The zero-order chi connectivity index (χ0) is 21.1. The number of ether oxygens (including phenoxy) is 1. The molecule has 5 heteroatoms. The highest BCUT2D eigenvalue weighted by molar-refractivity contribution is 6.31. The summed E-state index contributed by atoms with van der Waals surface area (Å²) in [6.07, 6.45) is 3.21. The summed E-state index contributed by atoms with van der Waals surface area (Å²) in [5, 5.41) is 3.90. The number of rotatable bonds is 5. The van der Waals surface area contributed by atoms with E-state index in [1.165, 1.54) is 18.2 Å². The van der Waals surface area contributed by atoms with Gasteiger partial charge in [-0.1, -0.05) is 41.9 Å². The van der Waals surface area contributed by atoms with Crippen LogP contribution < -0.4 is 10.1 Å². The Morgan fingerprint density at radius 3 is 2.50 bits per heavy atom. The van der Waals surface area contributed by atoms with Gasteiger partial charge < -0.3 is 10.1 Å². The van der Waals surface area contributed by atoms with Crippen molar-refractivity contribution in [3.05, 3.63) is 106 Å². The highest BCUT2D eigenvalue weighted by Crippen LogP contribution is 2.38. The Morgan fingerprint density at radius 1 is 1.07 bits per heavy atom. The van der Waals surface area contributed by atoms with Gasteiger partial charge in [0.05, 0.1) is 7.11 Å². The first-order chi connectivity index (χ1) is 14.5. The number of nitrogens with one attached hydrogen (secondary N) is 1. The number of carbonyl (C=O) groups excluding carboxylic acids is 1. The van der Waals surface area contributed by atoms with Gasteiger partial charge in [-0.2, -0.15) is 0 Å². The fraction of sp³-hybridized carbons (Fsp3) is 0.0800. The SMILES string of the molecule is COc1ccc(C2=C(C(=O)/C=C/c3ccc(F)cc3)CNc3ccc(Cl)cc32)cc1. The Kier molecular flexibility index (Phi) is 5.68. The molecule has 0 aliphatic carbocycles. The summed E-state index contributed by atoms with van der Waals surface area (Å²) in [5.41, 5.74) is 4.92. The van der Waals surface area contributed by atoms with E-state index in [0.29, 0.717) is 17.1 Å². The van der Waals surface area contributed by atoms with Crippen LogP contribution in [0.4, 0.5) is 10.1 Å². The van der Waals surface area contributed by atoms with Crippen molar-refractivity contribution in [3.63, 3.8) is 0 Å². The minimum Gasteiger partial charge on any atom is -0.497 e. The smallest absolute Gasteiger partial charge is 0.184 e. The molecule has 1 N–H and O–H groups in total. The molecule has 0 fully saturated rings. The first-order valence-corrected chi connectivity index (χ1v) is 9.82. The molecule has 3 nitrogen and oxygen atoms in total. The molecule has 0 atom stereocenters. The van der Waals surface area contributed by atoms with Crippen molar-refractivity contribution in [2.24, 2.45) is 0 Å². The van der Waals surface area contributed by atoms with Crippen molar-refractivity contribution in [3.8, 4) is 5.75 Å². The van der Waals surface area contributed by atoms with E-state index in [4.69, 9.17) is 16.3 Å². The number of fused-ring (bicyclic) bond motifs is 1. The van der Waals surface area contributed by atoms with Crippen LogP contribution in [0.5, 0.6) is 5.75 Å². The number of halogens is 2. The van der Waals surface area contributed by atoms with E-state index in [2.05, 4.69) is 5.32 Å². The van der Waals surface area contributed by atoms with E-state index in [0.717, 1.165) is 33.7 Å². The monoisotopic (exact) mass is 419 g/mol. The first kappa shape index (κ1) is 19.9. The van der Waals surface area contributed by atoms with Crippen molar-refractivity contribution < 1.29 is 13.9 Å². The second kappa shape index (κ2) is 8.56. The zero-order valence-corrected chi connectivity index (χ0v) is 17.0. The standard InChI is InChI=1S/C25H19ClFNO2/c1-30-20-10-5-17(6-11-20)25-21-14-18(26)7-12-23(21)28-15-22(25)24(29)13-4-16-2-8-19(27)9-3-16/h2-14,28H,15H2,1H3/b13-4+. The van der Waals surface area contributed by atoms with E-state index < -0.39 is 0 Å². The van der Waals surface area contributed by atoms with Crippen molar-refractivity contribution >= 4 is 34.7 Å². The Morgan fingerprint density at radius 2 is 1.80 bits per heavy atom. The molecule has 0 unspecified atom stereocenters. The minimum atomic E-state index is -0.312. The van der Waals surface area contributed by atoms with Gasteiger partial charge in [-0.3, -0.25) is 4.79 Å². The molecule has 1 heterocycles. The fourth-order valence-corrected chi connectivity index (χ4v) is 3.63. The third-order valence-corrected chi connectivity index (χ3v) is 5.22. The van der Waals surface area contributed by atoms with Gasteiger partial charge in [0.15, 0.2) is 5.78 Å². The predicted octanol–water partition coefficient (Wildman–Crippen LogP) is 6.00. The van der Waals surface area contributed by atoms with E-state index >= 15 is 0 Å². The van der Waals surface area contributed by atoms with E-state index in [-0.39, 0.29) is 11.6 Å². The third-order valence-electron chi connectivity index (χ3n) is 4.98. The van der Waals surface area contributed by atoms with Crippen LogP contribution in [0.1, 0.15) is 16.7 Å². The fourth-order valence-electron chi connectivity index (χ4n) is 3.46. The molecule has 0 spiro atoms. The lowest BCUT2D eigenvalue weighted by Gasteiger charge is -2.24. The second-order valence-electron chi connectivity index (χ2n) is 6.87. The van der Waals surface area contributed by atoms with Crippen LogP contribution >= 0.6 is 11.6 Å². The van der Waals surface area contributed by atoms with Gasteiger partial charge >= 0.3 is 0 Å². The number of carbonyl (C=O) groups is 1. The van der Waals surface area contributed by atoms with E-state index in [1.54, 1.807) is 25.3 Å². The van der Waals surface area contributed by atoms with Crippen LogP contribution in [0, 0.1) is 5.82 Å². The van der Waals surface area contributed by atoms with Gasteiger partial charge in [-0.15, -0.1) is 0 Å². The van der Waals surface area contributed by atoms with Crippen LogP contribution in [-0.4, -0.2) is 19.4 Å². The number of hydrogen-bond acceptors (Lipinski definition) is 3. The number of methoxy groups -OCH3 is 1. The maximum atomic E-state index is 13.1. The van der Waals surface area contributed by atoms with Gasteiger partial charge in [0, 0.05) is 28.4 Å². The lowest BCUT2D eigenvalue weighted by molar-refractivity contribution is -0.111. The molecule has 0 radical (unpaired) electrons. The van der Waals surface area contributed by atoms with Crippen LogP contribution in [0.15, 0.2) is 78.4 Å². The Labute approximate surface area is 179 Å². The highest BCUT2D eigenvalue weighted by Gasteiger charge is 2.23. The molecule has 1 aliphatic heterocycles. The number of benzene rings is 3. The largest absolute Gasteiger partial charge is 0.497 e. The minimum absolute atomic E-state index is 0.122. The normalized spacial score (nSPS) is 13.2. The summed E-state index contributed by atoms with van der Waals surface area (Å²) in [4.78, 5) is 13.1. The molecular weight excluding hydrogens is 401 g/mol. The van der Waals surface area contributed by atoms with Crippen molar-refractivity contribution in [1.82, 2.24) is 0 Å². The molecule has 3 aromatic carbocycles. The topological polar surface area (TPSA) is 38.3 Å². The molecule has 30 heavy (non-hydrogen) atoms. The van der Waals surface area contributed by atoms with Gasteiger partial charge in [0.1, 0.15) is 11.6 Å². The van der Waals surface area contributed by atoms with Crippen LogP contribution in [0.25, 0.3) is 11.6 Å². The maximum Gasteiger partial charge on any atom is 0.184 e. The molecule has 150 valence electrons. The quantitative estimate of drug-likeness (QED) is 0.515. The van der Waals surface area contributed by atoms with Gasteiger partial charge in [-0.25, -0.2) is 4.39 Å². The number of hydrogen-bond donors (Lipinski definition) is 1. The number of ketones is 1. The number of anilines is 1. The maximum absolute atomic E-state index is 13.1. The molecule has 0 saturated carbocycles. The van der Waals surface area contributed by atoms with Gasteiger partial charge in [-0.05, 0) is 65.2 Å².